The second-order valence-electron chi connectivity index (χ2n) is 3.76. The molecule has 1 aliphatic rings. The van der Waals surface area contributed by atoms with Crippen LogP contribution in [0.15, 0.2) is 46.9 Å². The number of hydrogen-bond acceptors (Lipinski definition) is 3. The van der Waals surface area contributed by atoms with E-state index >= 15 is 0 Å². The van der Waals surface area contributed by atoms with Gasteiger partial charge in [0.1, 0.15) is 24.4 Å². The molecule has 1 heterocycles. The molecular formula is C14H11BrO3. The molecule has 0 fully saturated rings. The van der Waals surface area contributed by atoms with Crippen LogP contribution >= 0.6 is 15.9 Å². The molecule has 0 aromatic heterocycles. The lowest BCUT2D eigenvalue weighted by atomic mass is 10.2. The van der Waals surface area contributed by atoms with Gasteiger partial charge in [-0.3, -0.25) is 4.79 Å². The Morgan fingerprint density at radius 2 is 2.06 bits per heavy atom. The zero-order valence-corrected chi connectivity index (χ0v) is 11.1. The van der Waals surface area contributed by atoms with Crippen LogP contribution < -0.4 is 4.74 Å². The van der Waals surface area contributed by atoms with E-state index in [0.29, 0.717) is 10.0 Å². The van der Waals surface area contributed by atoms with Crippen LogP contribution in [0.2, 0.25) is 0 Å². The van der Waals surface area contributed by atoms with Gasteiger partial charge in [-0.2, -0.15) is 0 Å². The molecule has 2 aromatic rings. The van der Waals surface area contributed by atoms with Gasteiger partial charge in [-0.25, -0.2) is 0 Å². The van der Waals surface area contributed by atoms with Crippen molar-refractivity contribution in [3.8, 4) is 11.5 Å². The van der Waals surface area contributed by atoms with Crippen molar-refractivity contribution in [3.05, 3.63) is 58.1 Å². The topological polar surface area (TPSA) is 46.5 Å². The van der Waals surface area contributed by atoms with Crippen LogP contribution in [0.5, 0.6) is 11.5 Å². The Hall–Kier alpha value is -1.81. The van der Waals surface area contributed by atoms with Crippen molar-refractivity contribution in [2.75, 3.05) is 0 Å². The second kappa shape index (κ2) is 5.69. The number of phenolic OH excluding ortho intramolecular Hbond substituents is 1. The van der Waals surface area contributed by atoms with E-state index in [4.69, 9.17) is 9.84 Å². The second-order valence-corrected chi connectivity index (χ2v) is 4.62. The predicted molar refractivity (Wildman–Crippen MR) is 72.0 cm³/mol. The fourth-order valence-corrected chi connectivity index (χ4v) is 1.88. The molecule has 0 radical (unpaired) electrons. The normalized spacial score (nSPS) is 11.2. The summed E-state index contributed by atoms with van der Waals surface area (Å²) in [6, 6.07) is 12.7. The quantitative estimate of drug-likeness (QED) is 0.820. The summed E-state index contributed by atoms with van der Waals surface area (Å²) in [5.74, 6) is 1.15. The Morgan fingerprint density at radius 3 is 2.67 bits per heavy atom. The lowest BCUT2D eigenvalue weighted by Crippen LogP contribution is -1.80. The number of carbonyl (C=O) groups is 1. The minimum absolute atomic E-state index is 0.144. The van der Waals surface area contributed by atoms with Crippen molar-refractivity contribution in [1.82, 2.24) is 0 Å². The summed E-state index contributed by atoms with van der Waals surface area (Å²) in [4.78, 5) is 10.2. The van der Waals surface area contributed by atoms with Gasteiger partial charge in [0.05, 0.1) is 4.47 Å². The number of carbonyl (C=O) groups excluding carboxylic acids is 1. The van der Waals surface area contributed by atoms with Crippen LogP contribution in [0.25, 0.3) is 0 Å². The summed E-state index contributed by atoms with van der Waals surface area (Å²) in [6.07, 6.45) is 0.726. The summed E-state index contributed by atoms with van der Waals surface area (Å²) in [5, 5.41) is 8.98. The molecule has 92 valence electrons. The fraction of sp³-hybridized carbons (Fsp3) is 0.0714. The van der Waals surface area contributed by atoms with Crippen molar-refractivity contribution in [2.45, 2.75) is 6.61 Å². The molecule has 0 saturated carbocycles. The van der Waals surface area contributed by atoms with Crippen LogP contribution in [-0.4, -0.2) is 11.4 Å². The Morgan fingerprint density at radius 1 is 1.22 bits per heavy atom. The first kappa shape index (κ1) is 12.6. The molecule has 2 aromatic carbocycles. The Kier molecular flexibility index (Phi) is 3.99. The molecule has 0 saturated heterocycles. The van der Waals surface area contributed by atoms with Gasteiger partial charge < -0.3 is 9.84 Å². The summed E-state index contributed by atoms with van der Waals surface area (Å²) in [6.45, 7) is 0.766. The largest absolute Gasteiger partial charge is 0.507 e. The first-order valence-electron chi connectivity index (χ1n) is 5.34. The molecule has 18 heavy (non-hydrogen) atoms. The summed E-state index contributed by atoms with van der Waals surface area (Å²) in [7, 11) is 0. The van der Waals surface area contributed by atoms with Crippen molar-refractivity contribution in [2.24, 2.45) is 0 Å². The number of rotatable bonds is 1. The molecule has 1 N–H and O–H groups in total. The van der Waals surface area contributed by atoms with E-state index in [1.54, 1.807) is 12.1 Å². The maximum atomic E-state index is 10.2. The molecule has 0 spiro atoms. The summed E-state index contributed by atoms with van der Waals surface area (Å²) >= 11 is 3.08. The predicted octanol–water partition coefficient (Wildman–Crippen LogP) is 3.55. The maximum absolute atomic E-state index is 10.2. The smallest absolute Gasteiger partial charge is 0.150 e. The molecule has 1 aliphatic heterocycles. The zero-order chi connectivity index (χ0) is 13.0. The van der Waals surface area contributed by atoms with Crippen molar-refractivity contribution >= 4 is 22.2 Å². The van der Waals surface area contributed by atoms with Gasteiger partial charge in [0.25, 0.3) is 0 Å². The van der Waals surface area contributed by atoms with Crippen LogP contribution in [0.3, 0.4) is 0 Å². The molecular weight excluding hydrogens is 296 g/mol. The zero-order valence-electron chi connectivity index (χ0n) is 9.47. The minimum Gasteiger partial charge on any atom is -0.507 e. The molecule has 0 atom stereocenters. The highest BCUT2D eigenvalue weighted by atomic mass is 79.9. The van der Waals surface area contributed by atoms with Gasteiger partial charge in [0.15, 0.2) is 0 Å². The van der Waals surface area contributed by atoms with E-state index in [2.05, 4.69) is 28.1 Å². The number of phenols is 1. The Labute approximate surface area is 113 Å². The Bertz CT molecular complexity index is 547. The Balaban J connectivity index is 0.000000136. The molecule has 3 rings (SSSR count). The van der Waals surface area contributed by atoms with Crippen molar-refractivity contribution in [3.63, 3.8) is 0 Å². The first-order chi connectivity index (χ1) is 8.69. The van der Waals surface area contributed by atoms with Gasteiger partial charge in [0.2, 0.25) is 0 Å². The average molecular weight is 307 g/mol. The van der Waals surface area contributed by atoms with E-state index in [-0.39, 0.29) is 5.75 Å². The van der Waals surface area contributed by atoms with Crippen molar-refractivity contribution < 1.29 is 14.6 Å². The SMILES string of the molecule is O=Cc1ccc(O)c(Br)c1.c1cc2cc(c1)OC2. The minimum atomic E-state index is 0.144. The van der Waals surface area contributed by atoms with Gasteiger partial charge in [-0.05, 0) is 51.8 Å². The third-order valence-electron chi connectivity index (χ3n) is 2.41. The van der Waals surface area contributed by atoms with Gasteiger partial charge in [0, 0.05) is 5.56 Å². The molecule has 2 bridgehead atoms. The molecule has 4 heteroatoms. The standard InChI is InChI=1S/C7H5BrO2.C7H6O/c8-6-3-5(4-9)1-2-7(6)10;1-2-6-4-7(3-1)8-5-6/h1-4,10H;1-4H,5H2. The van der Waals surface area contributed by atoms with Gasteiger partial charge >= 0.3 is 0 Å². The molecule has 3 nitrogen and oxygen atoms in total. The van der Waals surface area contributed by atoms with Gasteiger partial charge in [-0.1, -0.05) is 12.1 Å². The number of halogens is 1. The number of aromatic hydroxyl groups is 1. The monoisotopic (exact) mass is 306 g/mol. The lowest BCUT2D eigenvalue weighted by molar-refractivity contribution is 0.112. The van der Waals surface area contributed by atoms with E-state index < -0.39 is 0 Å². The number of benzene rings is 2. The van der Waals surface area contributed by atoms with E-state index in [0.717, 1.165) is 18.6 Å². The van der Waals surface area contributed by atoms with Crippen LogP contribution in [0.4, 0.5) is 0 Å². The molecule has 0 amide bonds. The van der Waals surface area contributed by atoms with E-state index in [9.17, 15) is 4.79 Å². The third kappa shape index (κ3) is 3.11. The van der Waals surface area contributed by atoms with Gasteiger partial charge in [-0.15, -0.1) is 0 Å². The fourth-order valence-electron chi connectivity index (χ4n) is 1.49. The van der Waals surface area contributed by atoms with E-state index in [1.165, 1.54) is 11.6 Å². The third-order valence-corrected chi connectivity index (χ3v) is 3.05. The van der Waals surface area contributed by atoms with Crippen LogP contribution in [-0.2, 0) is 6.61 Å². The van der Waals surface area contributed by atoms with Crippen molar-refractivity contribution in [1.29, 1.82) is 0 Å². The highest BCUT2D eigenvalue weighted by Crippen LogP contribution is 2.23. The maximum Gasteiger partial charge on any atom is 0.150 e. The summed E-state index contributed by atoms with van der Waals surface area (Å²) < 4.78 is 5.72. The summed E-state index contributed by atoms with van der Waals surface area (Å²) in [5.41, 5.74) is 1.83. The van der Waals surface area contributed by atoms with Crippen LogP contribution in [0.1, 0.15) is 15.9 Å². The molecule has 0 aliphatic carbocycles. The van der Waals surface area contributed by atoms with Crippen LogP contribution in [0, 0.1) is 0 Å². The number of aldehydes is 1. The highest BCUT2D eigenvalue weighted by Gasteiger charge is 2.03. The van der Waals surface area contributed by atoms with E-state index in [1.807, 2.05) is 12.1 Å². The number of hydrogen-bond donors (Lipinski definition) is 1. The lowest BCUT2D eigenvalue weighted by Gasteiger charge is -1.94. The average Bonchev–Trinajstić information content (AvgIpc) is 2.72. The number of ether oxygens (including phenoxy) is 1. The number of fused-ring (bicyclic) bond motifs is 2. The molecule has 0 unspecified atom stereocenters. The highest BCUT2D eigenvalue weighted by molar-refractivity contribution is 9.10. The first-order valence-corrected chi connectivity index (χ1v) is 6.14.